The predicted octanol–water partition coefficient (Wildman–Crippen LogP) is -0.163. The van der Waals surface area contributed by atoms with E-state index >= 15 is 0 Å². The molecule has 0 aromatic rings. The summed E-state index contributed by atoms with van der Waals surface area (Å²) < 4.78 is 31.4. The van der Waals surface area contributed by atoms with Crippen molar-refractivity contribution in [2.24, 2.45) is 5.92 Å². The lowest BCUT2D eigenvalue weighted by molar-refractivity contribution is -0.118. The van der Waals surface area contributed by atoms with E-state index in [1.54, 1.807) is 7.11 Å². The zero-order valence-corrected chi connectivity index (χ0v) is 14.4. The van der Waals surface area contributed by atoms with Crippen LogP contribution >= 0.6 is 0 Å². The van der Waals surface area contributed by atoms with Crippen LogP contribution in [-0.4, -0.2) is 59.5 Å². The highest BCUT2D eigenvalue weighted by atomic mass is 32.2. The first-order valence-corrected chi connectivity index (χ1v) is 9.54. The van der Waals surface area contributed by atoms with E-state index in [4.69, 9.17) is 4.74 Å². The molecular formula is C14H29N3O4S. The number of carbonyl (C=O) groups is 1. The highest BCUT2D eigenvalue weighted by Gasteiger charge is 2.24. The molecule has 0 heterocycles. The second-order valence-electron chi connectivity index (χ2n) is 5.93. The Labute approximate surface area is 133 Å². The molecule has 1 fully saturated rings. The van der Waals surface area contributed by atoms with E-state index < -0.39 is 21.7 Å². The minimum Gasteiger partial charge on any atom is -0.383 e. The summed E-state index contributed by atoms with van der Waals surface area (Å²) in [6.45, 7) is 4.47. The van der Waals surface area contributed by atoms with Crippen LogP contribution in [0, 0.1) is 5.92 Å². The van der Waals surface area contributed by atoms with Gasteiger partial charge in [-0.05, 0) is 31.6 Å². The van der Waals surface area contributed by atoms with Gasteiger partial charge in [-0.3, -0.25) is 4.79 Å². The number of ether oxygens (including phenoxy) is 1. The highest BCUT2D eigenvalue weighted by Crippen LogP contribution is 2.23. The smallest absolute Gasteiger partial charge is 0.236 e. The van der Waals surface area contributed by atoms with E-state index in [2.05, 4.69) is 22.3 Å². The zero-order valence-electron chi connectivity index (χ0n) is 13.6. The van der Waals surface area contributed by atoms with E-state index in [1.807, 2.05) is 0 Å². The van der Waals surface area contributed by atoms with Gasteiger partial charge in [-0.1, -0.05) is 6.92 Å². The van der Waals surface area contributed by atoms with Crippen molar-refractivity contribution in [3.05, 3.63) is 0 Å². The maximum atomic E-state index is 12.0. The number of sulfonamides is 1. The van der Waals surface area contributed by atoms with Crippen molar-refractivity contribution in [2.45, 2.75) is 38.6 Å². The molecule has 0 unspecified atom stereocenters. The summed E-state index contributed by atoms with van der Waals surface area (Å²) in [6, 6.07) is -0.0234. The van der Waals surface area contributed by atoms with E-state index in [1.165, 1.54) is 0 Å². The lowest BCUT2D eigenvalue weighted by Crippen LogP contribution is -2.43. The Kier molecular flexibility index (Phi) is 8.92. The Morgan fingerprint density at radius 3 is 2.45 bits per heavy atom. The minimum absolute atomic E-state index is 0.0234. The number of methoxy groups -OCH3 is 1. The van der Waals surface area contributed by atoms with Gasteiger partial charge in [0.25, 0.3) is 0 Å². The number of hydrogen-bond acceptors (Lipinski definition) is 5. The summed E-state index contributed by atoms with van der Waals surface area (Å²) in [6.07, 6.45) is 3.77. The average Bonchev–Trinajstić information content (AvgIpc) is 2.44. The molecule has 8 heteroatoms. The molecule has 7 nitrogen and oxygen atoms in total. The molecule has 1 aliphatic rings. The standard InChI is InChI=1S/C14H29N3O4S/c1-12-3-5-13(6-4-12)17-22(19,20)11-14(18)16-8-7-15-9-10-21-2/h12-13,15,17H,3-11H2,1-2H3,(H,16,18). The van der Waals surface area contributed by atoms with Crippen molar-refractivity contribution in [3.63, 3.8) is 0 Å². The summed E-state index contributed by atoms with van der Waals surface area (Å²) in [4.78, 5) is 11.7. The largest absolute Gasteiger partial charge is 0.383 e. The first kappa shape index (κ1) is 19.3. The van der Waals surface area contributed by atoms with Crippen molar-refractivity contribution < 1.29 is 17.9 Å². The van der Waals surface area contributed by atoms with E-state index in [0.29, 0.717) is 32.2 Å². The summed E-state index contributed by atoms with van der Waals surface area (Å²) in [7, 11) is -1.93. The SMILES string of the molecule is COCCNCCNC(=O)CS(=O)(=O)NC1CCC(C)CC1. The molecule has 0 saturated heterocycles. The molecule has 0 bridgehead atoms. The van der Waals surface area contributed by atoms with E-state index in [-0.39, 0.29) is 6.04 Å². The van der Waals surface area contributed by atoms with Crippen molar-refractivity contribution in [1.82, 2.24) is 15.4 Å². The van der Waals surface area contributed by atoms with Gasteiger partial charge in [0.2, 0.25) is 15.9 Å². The molecule has 0 aromatic heterocycles. The first-order chi connectivity index (χ1) is 10.4. The van der Waals surface area contributed by atoms with Gasteiger partial charge in [-0.2, -0.15) is 0 Å². The van der Waals surface area contributed by atoms with E-state index in [0.717, 1.165) is 25.7 Å². The third-order valence-corrected chi connectivity index (χ3v) is 5.12. The van der Waals surface area contributed by atoms with Crippen LogP contribution in [0.15, 0.2) is 0 Å². The number of carbonyl (C=O) groups excluding carboxylic acids is 1. The van der Waals surface area contributed by atoms with Gasteiger partial charge < -0.3 is 15.4 Å². The molecule has 1 rings (SSSR count). The molecule has 1 amide bonds. The summed E-state index contributed by atoms with van der Waals surface area (Å²) in [5.74, 6) is -0.309. The molecule has 0 radical (unpaired) electrons. The molecule has 1 saturated carbocycles. The number of hydrogen-bond donors (Lipinski definition) is 3. The predicted molar refractivity (Wildman–Crippen MR) is 86.1 cm³/mol. The van der Waals surface area contributed by atoms with Crippen molar-refractivity contribution in [3.8, 4) is 0 Å². The second kappa shape index (κ2) is 10.1. The third kappa shape index (κ3) is 8.67. The lowest BCUT2D eigenvalue weighted by Gasteiger charge is -2.26. The zero-order chi connectivity index (χ0) is 16.4. The number of nitrogens with one attached hydrogen (secondary N) is 3. The van der Waals surface area contributed by atoms with E-state index in [9.17, 15) is 13.2 Å². The molecule has 22 heavy (non-hydrogen) atoms. The van der Waals surface area contributed by atoms with Crippen LogP contribution in [0.2, 0.25) is 0 Å². The van der Waals surface area contributed by atoms with Crippen LogP contribution < -0.4 is 15.4 Å². The average molecular weight is 335 g/mol. The fourth-order valence-corrected chi connectivity index (χ4v) is 3.76. The Balaban J connectivity index is 2.18. The van der Waals surface area contributed by atoms with Crippen LogP contribution in [0.5, 0.6) is 0 Å². The molecule has 1 aliphatic carbocycles. The Morgan fingerprint density at radius 1 is 1.14 bits per heavy atom. The molecule has 0 atom stereocenters. The number of rotatable bonds is 10. The Morgan fingerprint density at radius 2 is 1.82 bits per heavy atom. The summed E-state index contributed by atoms with van der Waals surface area (Å²) in [5, 5.41) is 5.67. The molecule has 0 spiro atoms. The van der Waals surface area contributed by atoms with Crippen LogP contribution in [-0.2, 0) is 19.6 Å². The molecule has 3 N–H and O–H groups in total. The van der Waals surface area contributed by atoms with Crippen LogP contribution in [0.4, 0.5) is 0 Å². The quantitative estimate of drug-likeness (QED) is 0.482. The Bertz CT molecular complexity index is 420. The molecule has 130 valence electrons. The third-order valence-electron chi connectivity index (χ3n) is 3.79. The van der Waals surface area contributed by atoms with Gasteiger partial charge in [0.15, 0.2) is 0 Å². The van der Waals surface area contributed by atoms with Crippen LogP contribution in [0.3, 0.4) is 0 Å². The summed E-state index contributed by atoms with van der Waals surface area (Å²) in [5.41, 5.74) is 0. The number of amides is 1. The van der Waals surface area contributed by atoms with Gasteiger partial charge in [0.05, 0.1) is 6.61 Å². The lowest BCUT2D eigenvalue weighted by atomic mass is 9.88. The van der Waals surface area contributed by atoms with Crippen molar-refractivity contribution in [1.29, 1.82) is 0 Å². The van der Waals surface area contributed by atoms with Gasteiger partial charge in [0.1, 0.15) is 5.75 Å². The van der Waals surface area contributed by atoms with Gasteiger partial charge in [0, 0.05) is 32.8 Å². The highest BCUT2D eigenvalue weighted by molar-refractivity contribution is 7.90. The second-order valence-corrected chi connectivity index (χ2v) is 7.68. The van der Waals surface area contributed by atoms with Gasteiger partial charge in [-0.15, -0.1) is 0 Å². The van der Waals surface area contributed by atoms with Gasteiger partial charge in [-0.25, -0.2) is 13.1 Å². The molecule has 0 aromatic carbocycles. The maximum absolute atomic E-state index is 12.0. The first-order valence-electron chi connectivity index (χ1n) is 7.89. The van der Waals surface area contributed by atoms with Crippen molar-refractivity contribution >= 4 is 15.9 Å². The topological polar surface area (TPSA) is 96.5 Å². The molecular weight excluding hydrogens is 306 g/mol. The minimum atomic E-state index is -3.55. The summed E-state index contributed by atoms with van der Waals surface area (Å²) >= 11 is 0. The van der Waals surface area contributed by atoms with Crippen molar-refractivity contribution in [2.75, 3.05) is 39.1 Å². The maximum Gasteiger partial charge on any atom is 0.236 e. The fourth-order valence-electron chi connectivity index (χ4n) is 2.49. The normalized spacial score (nSPS) is 22.5. The fraction of sp³-hybridized carbons (Fsp3) is 0.929. The van der Waals surface area contributed by atoms with Crippen LogP contribution in [0.1, 0.15) is 32.6 Å². The molecule has 0 aliphatic heterocycles. The Hall–Kier alpha value is -0.700. The van der Waals surface area contributed by atoms with Crippen LogP contribution in [0.25, 0.3) is 0 Å². The van der Waals surface area contributed by atoms with Gasteiger partial charge >= 0.3 is 0 Å². The monoisotopic (exact) mass is 335 g/mol.